The molecule has 0 saturated carbocycles. The number of aliphatic hydroxyl groups excluding tert-OH is 2. The van der Waals surface area contributed by atoms with Gasteiger partial charge < -0.3 is 55.1 Å². The minimum absolute atomic E-state index is 0.0333. The summed E-state index contributed by atoms with van der Waals surface area (Å²) in [6.45, 7) is 1.56. The van der Waals surface area contributed by atoms with E-state index in [1.165, 1.54) is 12.1 Å². The van der Waals surface area contributed by atoms with Crippen LogP contribution in [0.5, 0.6) is 11.5 Å². The van der Waals surface area contributed by atoms with Gasteiger partial charge in [-0.05, 0) is 51.1 Å². The van der Waals surface area contributed by atoms with E-state index in [1.54, 1.807) is 6.07 Å². The lowest BCUT2D eigenvalue weighted by atomic mass is 9.50. The van der Waals surface area contributed by atoms with Crippen molar-refractivity contribution < 1.29 is 68.8 Å². The molecule has 44 heavy (non-hydrogen) atoms. The van der Waals surface area contributed by atoms with Crippen molar-refractivity contribution in [3.63, 3.8) is 0 Å². The second-order valence-electron chi connectivity index (χ2n) is 11.5. The molecule has 2 heterocycles. The van der Waals surface area contributed by atoms with Gasteiger partial charge in [-0.25, -0.2) is 14.4 Å². The molecule has 1 spiro atoms. The molecule has 1 amide bonds. The van der Waals surface area contributed by atoms with E-state index >= 15 is 0 Å². The van der Waals surface area contributed by atoms with Gasteiger partial charge in [0, 0.05) is 18.0 Å². The summed E-state index contributed by atoms with van der Waals surface area (Å²) in [4.78, 5) is 61.6. The average Bonchev–Trinajstić information content (AvgIpc) is 3.32. The molecule has 8 atom stereocenters. The number of rotatable bonds is 10. The third-order valence-corrected chi connectivity index (χ3v) is 9.01. The number of aliphatic carboxylic acids is 2. The Bertz CT molecular complexity index is 1460. The van der Waals surface area contributed by atoms with E-state index in [2.05, 4.69) is 0 Å². The molecule has 0 radical (unpaired) electrons. The minimum atomic E-state index is -2.54. The number of carboxylic acids is 2. The fraction of sp³-hybridized carbons (Fsp3) is 0.536. The Hall–Kier alpha value is -4.25. The quantitative estimate of drug-likeness (QED) is 0.139. The number of ether oxygens (including phenoxy) is 3. The average molecular weight is 621 g/mol. The number of likely N-dealkylation sites (N-methyl/N-ethyl adjacent to an activating group) is 1. The second kappa shape index (κ2) is 11.0. The van der Waals surface area contributed by atoms with Crippen LogP contribution >= 0.6 is 0 Å². The number of aromatic hydroxyl groups is 1. The maximum absolute atomic E-state index is 12.9. The van der Waals surface area contributed by atoms with Crippen molar-refractivity contribution in [1.29, 1.82) is 0 Å². The first kappa shape index (κ1) is 31.2. The Morgan fingerprint density at radius 2 is 1.82 bits per heavy atom. The van der Waals surface area contributed by atoms with E-state index < -0.39 is 77.7 Å². The first-order valence-electron chi connectivity index (χ1n) is 13.8. The molecule has 238 valence electrons. The van der Waals surface area contributed by atoms with Gasteiger partial charge in [-0.1, -0.05) is 6.07 Å². The predicted octanol–water partition coefficient (Wildman–Crippen LogP) is -2.09. The lowest BCUT2D eigenvalue weighted by Crippen LogP contribution is -2.74. The van der Waals surface area contributed by atoms with Crippen molar-refractivity contribution in [2.24, 2.45) is 0 Å². The van der Waals surface area contributed by atoms with Crippen molar-refractivity contribution in [3.05, 3.63) is 35.1 Å². The van der Waals surface area contributed by atoms with Crippen molar-refractivity contribution in [2.45, 2.75) is 80.1 Å². The van der Waals surface area contributed by atoms with Crippen LogP contribution in [0.25, 0.3) is 0 Å². The highest BCUT2D eigenvalue weighted by Crippen LogP contribution is 2.65. The third kappa shape index (κ3) is 4.74. The van der Waals surface area contributed by atoms with Crippen molar-refractivity contribution in [1.82, 2.24) is 10.2 Å². The van der Waals surface area contributed by atoms with E-state index in [0.717, 1.165) is 12.5 Å². The molecular formula is C28H32N2O14. The molecule has 7 N–H and O–H groups in total. The normalized spacial score (nSPS) is 29.1. The topological polar surface area (TPSA) is 250 Å². The fourth-order valence-electron chi connectivity index (χ4n) is 6.83. The summed E-state index contributed by atoms with van der Waals surface area (Å²) in [5, 5.41) is 63.2. The molecule has 0 aromatic heterocycles. The lowest BCUT2D eigenvalue weighted by Gasteiger charge is -2.61. The SMILES string of the molecule is CC(OC(=O)[C@H](O)[C@@H](O)C(=O)OC1=CC[C@@]2(O)[C@H]3Cc4ccc(O)c5c4[C@@]2(CCN3C)[C@H]1O5)C(=O)NC(CC(=O)O)C(=O)O. The Kier molecular flexibility index (Phi) is 7.82. The number of phenols is 1. The van der Waals surface area contributed by atoms with E-state index in [0.29, 0.717) is 24.9 Å². The molecule has 1 aromatic carbocycles. The molecule has 1 aromatic rings. The summed E-state index contributed by atoms with van der Waals surface area (Å²) < 4.78 is 16.3. The zero-order valence-corrected chi connectivity index (χ0v) is 23.6. The molecule has 16 heteroatoms. The zero-order chi connectivity index (χ0) is 32.3. The van der Waals surface area contributed by atoms with Crippen LogP contribution in [-0.2, 0) is 45.3 Å². The third-order valence-electron chi connectivity index (χ3n) is 9.01. The predicted molar refractivity (Wildman–Crippen MR) is 142 cm³/mol. The van der Waals surface area contributed by atoms with Crippen LogP contribution in [0.4, 0.5) is 0 Å². The Morgan fingerprint density at radius 3 is 2.48 bits per heavy atom. The first-order valence-corrected chi connectivity index (χ1v) is 13.8. The first-order chi connectivity index (χ1) is 20.6. The molecule has 2 unspecified atom stereocenters. The molecule has 2 aliphatic carbocycles. The highest BCUT2D eigenvalue weighted by molar-refractivity contribution is 5.91. The molecule has 1 saturated heterocycles. The molecule has 2 bridgehead atoms. The standard InChI is InChI=1S/C28H32N2O14/c1-11(23(36)29-13(24(37)38)10-17(32)33)42-25(39)19(34)20(35)26(40)43-15-5-6-28(41)16-9-12-3-4-14(31)21-18(12)27(28,22(15)44-21)7-8-30(16)2/h3-5,11,13,16,19-20,22,31,34-35,41H,6-10H2,1-2H3,(H,29,36)(H,32,33)(H,37,38)/t11?,13?,16-,19-,20-,22+,27+,28-/m1/s1. The van der Waals surface area contributed by atoms with Gasteiger partial charge in [0.1, 0.15) is 11.8 Å². The van der Waals surface area contributed by atoms with Gasteiger partial charge in [-0.3, -0.25) is 9.59 Å². The molecular weight excluding hydrogens is 588 g/mol. The molecule has 5 rings (SSSR count). The zero-order valence-electron chi connectivity index (χ0n) is 23.6. The minimum Gasteiger partial charge on any atom is -0.504 e. The number of hydrogen-bond donors (Lipinski definition) is 7. The summed E-state index contributed by atoms with van der Waals surface area (Å²) >= 11 is 0. The van der Waals surface area contributed by atoms with Crippen LogP contribution in [0.1, 0.15) is 37.3 Å². The van der Waals surface area contributed by atoms with Gasteiger partial charge in [0.15, 0.2) is 35.9 Å². The number of hydrogen-bond acceptors (Lipinski definition) is 13. The van der Waals surface area contributed by atoms with Gasteiger partial charge in [-0.15, -0.1) is 0 Å². The van der Waals surface area contributed by atoms with Crippen molar-refractivity contribution in [2.75, 3.05) is 13.6 Å². The van der Waals surface area contributed by atoms with E-state index in [4.69, 9.17) is 24.4 Å². The molecule has 16 nitrogen and oxygen atoms in total. The number of aliphatic hydroxyl groups is 3. The number of piperidine rings is 1. The number of carbonyl (C=O) groups excluding carboxylic acids is 3. The van der Waals surface area contributed by atoms with Gasteiger partial charge in [-0.2, -0.15) is 0 Å². The van der Waals surface area contributed by atoms with Crippen LogP contribution in [0.15, 0.2) is 24.0 Å². The van der Waals surface area contributed by atoms with Crippen molar-refractivity contribution >= 4 is 29.8 Å². The maximum atomic E-state index is 12.9. The van der Waals surface area contributed by atoms with Gasteiger partial charge in [0.2, 0.25) is 0 Å². The van der Waals surface area contributed by atoms with E-state index in [-0.39, 0.29) is 29.7 Å². The van der Waals surface area contributed by atoms with Gasteiger partial charge in [0.25, 0.3) is 5.91 Å². The number of likely N-dealkylation sites (tertiary alicyclic amines) is 1. The second-order valence-corrected chi connectivity index (χ2v) is 11.5. The maximum Gasteiger partial charge on any atom is 0.343 e. The largest absolute Gasteiger partial charge is 0.504 e. The summed E-state index contributed by atoms with van der Waals surface area (Å²) in [6, 6.07) is 1.10. The summed E-state index contributed by atoms with van der Waals surface area (Å²) in [5.74, 6) is -7.59. The van der Waals surface area contributed by atoms with Gasteiger partial charge >= 0.3 is 23.9 Å². The number of nitrogens with one attached hydrogen (secondary N) is 1. The fourth-order valence-corrected chi connectivity index (χ4v) is 6.83. The lowest BCUT2D eigenvalue weighted by molar-refractivity contribution is -0.181. The monoisotopic (exact) mass is 620 g/mol. The molecule has 2 aliphatic heterocycles. The Morgan fingerprint density at radius 1 is 1.14 bits per heavy atom. The number of amides is 1. The summed E-state index contributed by atoms with van der Waals surface area (Å²) in [6.07, 6.45) is -6.49. The smallest absolute Gasteiger partial charge is 0.343 e. The van der Waals surface area contributed by atoms with Crippen LogP contribution < -0.4 is 10.1 Å². The number of carbonyl (C=O) groups is 5. The van der Waals surface area contributed by atoms with Crippen molar-refractivity contribution in [3.8, 4) is 11.5 Å². The Labute approximate surface area is 249 Å². The summed E-state index contributed by atoms with van der Waals surface area (Å²) in [7, 11) is 1.90. The Balaban J connectivity index is 1.29. The number of esters is 2. The number of phenolic OH excluding ortho intramolecular Hbond substituents is 1. The van der Waals surface area contributed by atoms with Crippen LogP contribution in [0.3, 0.4) is 0 Å². The van der Waals surface area contributed by atoms with Crippen LogP contribution in [0.2, 0.25) is 0 Å². The number of nitrogens with zero attached hydrogens (tertiary/aromatic N) is 1. The number of carboxylic acid groups (broad SMARTS) is 2. The highest BCUT2D eigenvalue weighted by atomic mass is 16.6. The van der Waals surface area contributed by atoms with Crippen LogP contribution in [0, 0.1) is 0 Å². The number of benzene rings is 1. The molecule has 1 fully saturated rings. The highest BCUT2D eigenvalue weighted by Gasteiger charge is 2.72. The molecule has 4 aliphatic rings. The van der Waals surface area contributed by atoms with Gasteiger partial charge in [0.05, 0.1) is 17.4 Å². The van der Waals surface area contributed by atoms with E-state index in [9.17, 15) is 44.4 Å². The van der Waals surface area contributed by atoms with E-state index in [1.807, 2.05) is 17.3 Å². The van der Waals surface area contributed by atoms with Crippen LogP contribution in [-0.4, -0.2) is 121 Å². The summed E-state index contributed by atoms with van der Waals surface area (Å²) in [5.41, 5.74) is -0.963.